The van der Waals surface area contributed by atoms with E-state index in [9.17, 15) is 13.0 Å². The molecule has 1 aromatic rings. The van der Waals surface area contributed by atoms with Crippen molar-refractivity contribution in [3.8, 4) is 0 Å². The average Bonchev–Trinajstić information content (AvgIpc) is 1.86. The number of hydrogen-bond donors (Lipinski definition) is 0. The van der Waals surface area contributed by atoms with Crippen LogP contribution in [0.25, 0.3) is 0 Å². The van der Waals surface area contributed by atoms with Gasteiger partial charge >= 0.3 is 29.6 Å². The predicted octanol–water partition coefficient (Wildman–Crippen LogP) is -2.25. The SMILES string of the molecule is O=S(=O)([O-])c1cncc(Br)c1.[Na+]. The van der Waals surface area contributed by atoms with E-state index in [1.54, 1.807) is 0 Å². The Hall–Kier alpha value is 0.540. The third-order valence-corrected chi connectivity index (χ3v) is 2.20. The van der Waals surface area contributed by atoms with Crippen molar-refractivity contribution in [3.63, 3.8) is 0 Å². The van der Waals surface area contributed by atoms with E-state index in [-0.39, 0.29) is 34.5 Å². The van der Waals surface area contributed by atoms with Crippen molar-refractivity contribution in [2.45, 2.75) is 4.90 Å². The molecular weight excluding hydrogens is 257 g/mol. The first-order valence-electron chi connectivity index (χ1n) is 2.56. The van der Waals surface area contributed by atoms with Crippen LogP contribution in [-0.4, -0.2) is 18.0 Å². The molecule has 60 valence electrons. The number of halogens is 1. The van der Waals surface area contributed by atoms with Gasteiger partial charge in [-0.05, 0) is 22.0 Å². The number of rotatable bonds is 1. The zero-order valence-electron chi connectivity index (χ0n) is 6.19. The van der Waals surface area contributed by atoms with Crippen LogP contribution in [0.5, 0.6) is 0 Å². The van der Waals surface area contributed by atoms with Gasteiger partial charge in [0.15, 0.2) is 0 Å². The summed E-state index contributed by atoms with van der Waals surface area (Å²) in [5, 5.41) is 0. The Kier molecular flexibility index (Phi) is 4.90. The fourth-order valence-corrected chi connectivity index (χ4v) is 1.51. The number of pyridine rings is 1. The summed E-state index contributed by atoms with van der Waals surface area (Å²) in [4.78, 5) is 3.20. The quantitative estimate of drug-likeness (QED) is 0.422. The topological polar surface area (TPSA) is 70.1 Å². The standard InChI is InChI=1S/C5H4BrNO3S.Na/c6-4-1-5(3-7-2-4)11(8,9)10;/h1-3H,(H,8,9,10);/q;+1/p-1. The van der Waals surface area contributed by atoms with Crippen molar-refractivity contribution < 1.29 is 42.5 Å². The summed E-state index contributed by atoms with van der Waals surface area (Å²) in [5.41, 5.74) is 0. The molecule has 0 N–H and O–H groups in total. The van der Waals surface area contributed by atoms with Gasteiger partial charge < -0.3 is 4.55 Å². The summed E-state index contributed by atoms with van der Waals surface area (Å²) in [6.45, 7) is 0. The van der Waals surface area contributed by atoms with Gasteiger partial charge in [0.2, 0.25) is 0 Å². The molecule has 0 aliphatic carbocycles. The number of aromatic nitrogens is 1. The normalized spacial score (nSPS) is 10.5. The van der Waals surface area contributed by atoms with Crippen LogP contribution in [0.3, 0.4) is 0 Å². The van der Waals surface area contributed by atoms with E-state index in [4.69, 9.17) is 0 Å². The van der Waals surface area contributed by atoms with Crippen LogP contribution < -0.4 is 29.6 Å². The summed E-state index contributed by atoms with van der Waals surface area (Å²) in [6, 6.07) is 1.20. The molecule has 0 atom stereocenters. The second-order valence-corrected chi connectivity index (χ2v) is 4.09. The van der Waals surface area contributed by atoms with Gasteiger partial charge in [-0.25, -0.2) is 8.42 Å². The molecule has 0 amide bonds. The zero-order valence-corrected chi connectivity index (χ0v) is 10.6. The largest absolute Gasteiger partial charge is 1.00 e. The zero-order chi connectivity index (χ0) is 8.48. The van der Waals surface area contributed by atoms with Gasteiger partial charge in [0, 0.05) is 16.9 Å². The van der Waals surface area contributed by atoms with Gasteiger partial charge in [0.05, 0.1) is 4.90 Å². The van der Waals surface area contributed by atoms with Crippen molar-refractivity contribution in [1.82, 2.24) is 4.98 Å². The van der Waals surface area contributed by atoms with Crippen LogP contribution in [0.4, 0.5) is 0 Å². The van der Waals surface area contributed by atoms with Crippen LogP contribution in [0, 0.1) is 0 Å². The molecule has 1 rings (SSSR count). The Morgan fingerprint density at radius 1 is 1.42 bits per heavy atom. The smallest absolute Gasteiger partial charge is 0.744 e. The molecule has 0 bridgehead atoms. The number of nitrogens with zero attached hydrogens (tertiary/aromatic N) is 1. The first-order valence-corrected chi connectivity index (χ1v) is 4.77. The van der Waals surface area contributed by atoms with Crippen molar-refractivity contribution in [3.05, 3.63) is 22.9 Å². The maximum absolute atomic E-state index is 10.4. The Balaban J connectivity index is 0.00000121. The second-order valence-electron chi connectivity index (χ2n) is 1.79. The minimum atomic E-state index is -4.37. The van der Waals surface area contributed by atoms with Crippen LogP contribution in [0.2, 0.25) is 0 Å². The summed E-state index contributed by atoms with van der Waals surface area (Å²) in [7, 11) is -4.37. The van der Waals surface area contributed by atoms with Crippen LogP contribution in [-0.2, 0) is 10.1 Å². The van der Waals surface area contributed by atoms with Crippen LogP contribution >= 0.6 is 15.9 Å². The Morgan fingerprint density at radius 2 is 2.00 bits per heavy atom. The fraction of sp³-hybridized carbons (Fsp3) is 0. The molecule has 0 spiro atoms. The van der Waals surface area contributed by atoms with E-state index in [0.29, 0.717) is 4.47 Å². The summed E-state index contributed by atoms with van der Waals surface area (Å²) in [5.74, 6) is 0. The maximum Gasteiger partial charge on any atom is 1.00 e. The van der Waals surface area contributed by atoms with Gasteiger partial charge in [0.1, 0.15) is 10.1 Å². The van der Waals surface area contributed by atoms with Crippen molar-refractivity contribution >= 4 is 26.0 Å². The maximum atomic E-state index is 10.4. The van der Waals surface area contributed by atoms with E-state index < -0.39 is 10.1 Å². The van der Waals surface area contributed by atoms with E-state index in [1.807, 2.05) is 0 Å². The van der Waals surface area contributed by atoms with E-state index in [0.717, 1.165) is 6.20 Å². The van der Waals surface area contributed by atoms with Gasteiger partial charge in [-0.15, -0.1) is 0 Å². The van der Waals surface area contributed by atoms with E-state index >= 15 is 0 Å². The molecule has 0 aliphatic heterocycles. The molecule has 0 aromatic carbocycles. The van der Waals surface area contributed by atoms with Crippen molar-refractivity contribution in [1.29, 1.82) is 0 Å². The summed E-state index contributed by atoms with van der Waals surface area (Å²) >= 11 is 2.99. The molecule has 12 heavy (non-hydrogen) atoms. The third kappa shape index (κ3) is 3.51. The molecule has 0 unspecified atom stereocenters. The van der Waals surface area contributed by atoms with Gasteiger partial charge in [-0.3, -0.25) is 4.98 Å². The minimum absolute atomic E-state index is 0. The molecule has 0 saturated heterocycles. The molecule has 0 fully saturated rings. The molecule has 1 aromatic heterocycles. The second kappa shape index (κ2) is 4.69. The van der Waals surface area contributed by atoms with E-state index in [2.05, 4.69) is 20.9 Å². The molecule has 1 heterocycles. The van der Waals surface area contributed by atoms with Crippen molar-refractivity contribution in [2.24, 2.45) is 0 Å². The predicted molar refractivity (Wildman–Crippen MR) is 39.9 cm³/mol. The van der Waals surface area contributed by atoms with Crippen molar-refractivity contribution in [2.75, 3.05) is 0 Å². The Labute approximate surface area is 101 Å². The third-order valence-electron chi connectivity index (χ3n) is 0.968. The molecule has 4 nitrogen and oxygen atoms in total. The summed E-state index contributed by atoms with van der Waals surface area (Å²) in [6.07, 6.45) is 2.40. The van der Waals surface area contributed by atoms with Crippen LogP contribution in [0.1, 0.15) is 0 Å². The van der Waals surface area contributed by atoms with Gasteiger partial charge in [-0.2, -0.15) is 0 Å². The van der Waals surface area contributed by atoms with Crippen LogP contribution in [0.15, 0.2) is 27.8 Å². The average molecular weight is 260 g/mol. The first-order chi connectivity index (χ1) is 5.00. The molecule has 0 radical (unpaired) electrons. The molecule has 7 heteroatoms. The monoisotopic (exact) mass is 259 g/mol. The minimum Gasteiger partial charge on any atom is -0.744 e. The molecular formula is C5H3BrNNaO3S. The Morgan fingerprint density at radius 3 is 2.33 bits per heavy atom. The Bertz CT molecular complexity index is 367. The molecule has 0 aliphatic rings. The molecule has 0 saturated carbocycles. The van der Waals surface area contributed by atoms with E-state index in [1.165, 1.54) is 12.3 Å². The fourth-order valence-electron chi connectivity index (χ4n) is 0.529. The number of hydrogen-bond acceptors (Lipinski definition) is 4. The van der Waals surface area contributed by atoms with Gasteiger partial charge in [-0.1, -0.05) is 0 Å². The first kappa shape index (κ1) is 12.5. The van der Waals surface area contributed by atoms with Gasteiger partial charge in [0.25, 0.3) is 0 Å². The summed E-state index contributed by atoms with van der Waals surface area (Å²) < 4.78 is 31.6.